The van der Waals surface area contributed by atoms with Crippen LogP contribution in [0.25, 0.3) is 23.3 Å². The van der Waals surface area contributed by atoms with Gasteiger partial charge in [0.25, 0.3) is 5.56 Å². The lowest BCUT2D eigenvalue weighted by Crippen LogP contribution is -2.39. The molecule has 0 aliphatic carbocycles. The van der Waals surface area contributed by atoms with Gasteiger partial charge in [0, 0.05) is 20.1 Å². The van der Waals surface area contributed by atoms with Crippen LogP contribution >= 0.6 is 0 Å². The molecule has 0 unspecified atom stereocenters. The molecule has 0 saturated carbocycles. The molecule has 0 amide bonds. The highest BCUT2D eigenvalue weighted by Gasteiger charge is 2.17. The molecule has 0 atom stereocenters. The molecule has 2 aromatic heterocycles. The van der Waals surface area contributed by atoms with Crippen molar-refractivity contribution in [1.29, 1.82) is 0 Å². The molecular formula is C20H23FN4O4. The third kappa shape index (κ3) is 3.55. The Morgan fingerprint density at radius 2 is 1.83 bits per heavy atom. The Morgan fingerprint density at radius 3 is 2.45 bits per heavy atom. The molecule has 8 nitrogen and oxygen atoms in total. The normalized spacial score (nSPS) is 11.5. The van der Waals surface area contributed by atoms with Crippen LogP contribution in [0.4, 0.5) is 4.39 Å². The molecular weight excluding hydrogens is 379 g/mol. The number of aryl methyl sites for hydroxylation is 2. The SMILES string of the molecule is CCn1c(=O)c2c(nc(C=Cc3ccc(OC)c(OCF)c3)n2C)n(CC)c1=O. The number of halogens is 1. The zero-order valence-electron chi connectivity index (χ0n) is 16.8. The second kappa shape index (κ2) is 8.34. The summed E-state index contributed by atoms with van der Waals surface area (Å²) < 4.78 is 27.0. The van der Waals surface area contributed by atoms with E-state index in [1.54, 1.807) is 48.9 Å². The minimum absolute atomic E-state index is 0.285. The number of rotatable bonds is 7. The van der Waals surface area contributed by atoms with E-state index in [0.29, 0.717) is 29.3 Å². The van der Waals surface area contributed by atoms with Gasteiger partial charge in [0.15, 0.2) is 22.7 Å². The first-order chi connectivity index (χ1) is 14.0. The van der Waals surface area contributed by atoms with Crippen LogP contribution in [0.2, 0.25) is 0 Å². The largest absolute Gasteiger partial charge is 0.493 e. The van der Waals surface area contributed by atoms with Gasteiger partial charge in [-0.1, -0.05) is 12.1 Å². The summed E-state index contributed by atoms with van der Waals surface area (Å²) in [6, 6.07) is 5.10. The number of benzene rings is 1. The van der Waals surface area contributed by atoms with Crippen molar-refractivity contribution in [2.45, 2.75) is 26.9 Å². The Morgan fingerprint density at radius 1 is 1.10 bits per heavy atom. The van der Waals surface area contributed by atoms with Gasteiger partial charge in [-0.3, -0.25) is 13.9 Å². The molecule has 0 saturated heterocycles. The zero-order valence-corrected chi connectivity index (χ0v) is 16.8. The molecule has 3 aromatic rings. The topological polar surface area (TPSA) is 80.3 Å². The summed E-state index contributed by atoms with van der Waals surface area (Å²) in [5.74, 6) is 1.22. The highest BCUT2D eigenvalue weighted by Crippen LogP contribution is 2.29. The number of aromatic nitrogens is 4. The maximum atomic E-state index is 12.7. The predicted molar refractivity (Wildman–Crippen MR) is 109 cm³/mol. The van der Waals surface area contributed by atoms with Crippen LogP contribution in [-0.2, 0) is 20.1 Å². The number of fused-ring (bicyclic) bond motifs is 1. The summed E-state index contributed by atoms with van der Waals surface area (Å²) in [6.45, 7) is 3.31. The number of ether oxygens (including phenoxy) is 2. The average Bonchev–Trinajstić information content (AvgIpc) is 3.04. The number of imidazole rings is 1. The molecule has 3 rings (SSSR count). The van der Waals surface area contributed by atoms with Crippen LogP contribution in [0.5, 0.6) is 11.5 Å². The van der Waals surface area contributed by atoms with E-state index in [-0.39, 0.29) is 23.5 Å². The summed E-state index contributed by atoms with van der Waals surface area (Å²) >= 11 is 0. The summed E-state index contributed by atoms with van der Waals surface area (Å²) in [5.41, 5.74) is 0.717. The van der Waals surface area contributed by atoms with Crippen molar-refractivity contribution in [2.75, 3.05) is 14.0 Å². The molecule has 0 aliphatic rings. The lowest BCUT2D eigenvalue weighted by Gasteiger charge is -2.08. The van der Waals surface area contributed by atoms with Crippen molar-refractivity contribution >= 4 is 23.3 Å². The van der Waals surface area contributed by atoms with Crippen LogP contribution in [0, 0.1) is 0 Å². The third-order valence-corrected chi connectivity index (χ3v) is 4.73. The number of hydrogen-bond acceptors (Lipinski definition) is 5. The second-order valence-electron chi connectivity index (χ2n) is 6.27. The van der Waals surface area contributed by atoms with E-state index in [2.05, 4.69) is 4.98 Å². The highest BCUT2D eigenvalue weighted by atomic mass is 19.1. The molecule has 0 spiro atoms. The smallest absolute Gasteiger partial charge is 0.332 e. The zero-order chi connectivity index (χ0) is 21.1. The van der Waals surface area contributed by atoms with Gasteiger partial charge in [-0.05, 0) is 37.6 Å². The fourth-order valence-electron chi connectivity index (χ4n) is 3.23. The standard InChI is InChI=1S/C20H23FN4O4/c1-5-24-18-17(19(26)25(6-2)20(24)27)23(3)16(22-18)10-8-13-7-9-14(28-4)15(11-13)29-12-21/h7-11H,5-6,12H2,1-4H3. The molecule has 0 fully saturated rings. The number of nitrogens with zero attached hydrogens (tertiary/aromatic N) is 4. The molecule has 0 radical (unpaired) electrons. The van der Waals surface area contributed by atoms with Crippen molar-refractivity contribution in [3.63, 3.8) is 0 Å². The van der Waals surface area contributed by atoms with Crippen LogP contribution in [0.15, 0.2) is 27.8 Å². The third-order valence-electron chi connectivity index (χ3n) is 4.73. The Bertz CT molecular complexity index is 1190. The van der Waals surface area contributed by atoms with Gasteiger partial charge in [-0.15, -0.1) is 0 Å². The second-order valence-corrected chi connectivity index (χ2v) is 6.27. The first-order valence-corrected chi connectivity index (χ1v) is 9.21. The van der Waals surface area contributed by atoms with E-state index in [1.807, 2.05) is 6.92 Å². The first-order valence-electron chi connectivity index (χ1n) is 9.21. The summed E-state index contributed by atoms with van der Waals surface area (Å²) in [4.78, 5) is 29.8. The summed E-state index contributed by atoms with van der Waals surface area (Å²) in [7, 11) is 3.21. The van der Waals surface area contributed by atoms with Crippen molar-refractivity contribution in [1.82, 2.24) is 18.7 Å². The molecule has 2 heterocycles. The van der Waals surface area contributed by atoms with Crippen LogP contribution in [0.3, 0.4) is 0 Å². The molecule has 29 heavy (non-hydrogen) atoms. The van der Waals surface area contributed by atoms with Crippen LogP contribution in [0.1, 0.15) is 25.2 Å². The lowest BCUT2D eigenvalue weighted by atomic mass is 10.2. The average molecular weight is 402 g/mol. The van der Waals surface area contributed by atoms with Crippen molar-refractivity contribution in [2.24, 2.45) is 7.05 Å². The van der Waals surface area contributed by atoms with Crippen LogP contribution in [-0.4, -0.2) is 32.7 Å². The monoisotopic (exact) mass is 402 g/mol. The predicted octanol–water partition coefficient (Wildman–Crippen LogP) is 2.42. The highest BCUT2D eigenvalue weighted by molar-refractivity contribution is 5.77. The lowest BCUT2D eigenvalue weighted by molar-refractivity contribution is 0.184. The Kier molecular flexibility index (Phi) is 5.86. The number of alkyl halides is 1. The van der Waals surface area contributed by atoms with Gasteiger partial charge in [-0.25, -0.2) is 14.2 Å². The molecule has 154 valence electrons. The summed E-state index contributed by atoms with van der Waals surface area (Å²) in [6.07, 6.45) is 3.49. The van der Waals surface area contributed by atoms with E-state index in [0.717, 1.165) is 5.56 Å². The van der Waals surface area contributed by atoms with Gasteiger partial charge in [0.05, 0.1) is 7.11 Å². The van der Waals surface area contributed by atoms with Crippen LogP contribution < -0.4 is 20.7 Å². The van der Waals surface area contributed by atoms with Crippen molar-refractivity contribution in [3.05, 3.63) is 50.4 Å². The van der Waals surface area contributed by atoms with E-state index in [9.17, 15) is 14.0 Å². The number of methoxy groups -OCH3 is 1. The maximum absolute atomic E-state index is 12.7. The van der Waals surface area contributed by atoms with Gasteiger partial charge in [0.1, 0.15) is 5.82 Å². The Labute approximate surface area is 166 Å². The molecule has 0 bridgehead atoms. The first kappa shape index (κ1) is 20.4. The quantitative estimate of drug-likeness (QED) is 0.606. The Balaban J connectivity index is 2.11. The minimum Gasteiger partial charge on any atom is -0.493 e. The fraction of sp³-hybridized carbons (Fsp3) is 0.350. The molecule has 0 N–H and O–H groups in total. The minimum atomic E-state index is -0.966. The fourth-order valence-corrected chi connectivity index (χ4v) is 3.23. The maximum Gasteiger partial charge on any atom is 0.332 e. The van der Waals surface area contributed by atoms with Crippen molar-refractivity contribution < 1.29 is 13.9 Å². The number of hydrogen-bond donors (Lipinski definition) is 0. The van der Waals surface area contributed by atoms with Gasteiger partial charge in [-0.2, -0.15) is 0 Å². The van der Waals surface area contributed by atoms with Crippen molar-refractivity contribution in [3.8, 4) is 11.5 Å². The molecule has 9 heteroatoms. The van der Waals surface area contributed by atoms with E-state index < -0.39 is 6.86 Å². The Hall–Kier alpha value is -3.36. The molecule has 0 aliphatic heterocycles. The van der Waals surface area contributed by atoms with Gasteiger partial charge >= 0.3 is 5.69 Å². The van der Waals surface area contributed by atoms with E-state index in [1.165, 1.54) is 16.2 Å². The van der Waals surface area contributed by atoms with Gasteiger partial charge < -0.3 is 14.0 Å². The van der Waals surface area contributed by atoms with Gasteiger partial charge in [0.2, 0.25) is 6.86 Å². The summed E-state index contributed by atoms with van der Waals surface area (Å²) in [5, 5.41) is 0. The molecule has 1 aromatic carbocycles. The van der Waals surface area contributed by atoms with E-state index >= 15 is 0 Å². The van der Waals surface area contributed by atoms with E-state index in [4.69, 9.17) is 9.47 Å².